The molecule has 0 aliphatic heterocycles. The molecule has 0 saturated carbocycles. The minimum Gasteiger partial charge on any atom is -0.462 e. The van der Waals surface area contributed by atoms with Gasteiger partial charge >= 0.3 is 5.97 Å². The standard InChI is InChI=1S/C8H7Cl2NO2.C2H6/c1-2-13-8(12)5-3-4-6(9)11-7(5)10;1-2/h3-4H,2H2,1H3;1-2H3. The number of pyridine rings is 1. The Balaban J connectivity index is 0.000000921. The third kappa shape index (κ3) is 4.49. The first-order valence-electron chi connectivity index (χ1n) is 4.64. The van der Waals surface area contributed by atoms with E-state index >= 15 is 0 Å². The van der Waals surface area contributed by atoms with Gasteiger partial charge in [-0.3, -0.25) is 0 Å². The summed E-state index contributed by atoms with van der Waals surface area (Å²) in [4.78, 5) is 14.9. The van der Waals surface area contributed by atoms with E-state index in [9.17, 15) is 4.79 Å². The summed E-state index contributed by atoms with van der Waals surface area (Å²) in [5.74, 6) is -0.489. The molecule has 15 heavy (non-hydrogen) atoms. The fourth-order valence-electron chi connectivity index (χ4n) is 0.773. The lowest BCUT2D eigenvalue weighted by molar-refractivity contribution is 0.0526. The molecule has 0 spiro atoms. The van der Waals surface area contributed by atoms with E-state index < -0.39 is 5.97 Å². The van der Waals surface area contributed by atoms with E-state index in [1.54, 1.807) is 6.92 Å². The second-order valence-corrected chi connectivity index (χ2v) is 2.94. The lowest BCUT2D eigenvalue weighted by Gasteiger charge is -2.02. The number of carbonyl (C=O) groups excluding carboxylic acids is 1. The first-order chi connectivity index (χ1) is 7.15. The van der Waals surface area contributed by atoms with Gasteiger partial charge in [0, 0.05) is 0 Å². The number of rotatable bonds is 2. The molecule has 1 heterocycles. The van der Waals surface area contributed by atoms with Crippen LogP contribution < -0.4 is 0 Å². The summed E-state index contributed by atoms with van der Waals surface area (Å²) in [7, 11) is 0. The summed E-state index contributed by atoms with van der Waals surface area (Å²) in [6, 6.07) is 2.97. The van der Waals surface area contributed by atoms with Gasteiger partial charge in [-0.05, 0) is 19.1 Å². The van der Waals surface area contributed by atoms with Crippen molar-refractivity contribution in [1.82, 2.24) is 4.98 Å². The molecule has 0 aliphatic carbocycles. The smallest absolute Gasteiger partial charge is 0.341 e. The van der Waals surface area contributed by atoms with E-state index in [1.807, 2.05) is 13.8 Å². The average Bonchev–Trinajstić information content (AvgIpc) is 2.21. The highest BCUT2D eigenvalue weighted by molar-refractivity contribution is 6.34. The third-order valence-electron chi connectivity index (χ3n) is 1.31. The van der Waals surface area contributed by atoms with E-state index in [0.29, 0.717) is 6.61 Å². The maximum atomic E-state index is 11.2. The first kappa shape index (κ1) is 14.2. The SMILES string of the molecule is CC.CCOC(=O)c1ccc(Cl)nc1Cl. The van der Waals surface area contributed by atoms with Gasteiger partial charge in [0.25, 0.3) is 0 Å². The highest BCUT2D eigenvalue weighted by Crippen LogP contribution is 2.17. The van der Waals surface area contributed by atoms with Crippen molar-refractivity contribution >= 4 is 29.2 Å². The van der Waals surface area contributed by atoms with Crippen LogP contribution in [0, 0.1) is 0 Å². The van der Waals surface area contributed by atoms with Gasteiger partial charge in [-0.25, -0.2) is 9.78 Å². The van der Waals surface area contributed by atoms with E-state index in [0.717, 1.165) is 0 Å². The zero-order chi connectivity index (χ0) is 11.8. The molecule has 0 fully saturated rings. The monoisotopic (exact) mass is 249 g/mol. The van der Waals surface area contributed by atoms with Crippen LogP contribution in [-0.2, 0) is 4.74 Å². The molecule has 84 valence electrons. The molecule has 0 saturated heterocycles. The van der Waals surface area contributed by atoms with Gasteiger partial charge in [0.1, 0.15) is 10.3 Å². The van der Waals surface area contributed by atoms with Gasteiger partial charge in [-0.1, -0.05) is 37.0 Å². The van der Waals surface area contributed by atoms with Gasteiger partial charge in [0.2, 0.25) is 0 Å². The number of ether oxygens (including phenoxy) is 1. The third-order valence-corrected chi connectivity index (χ3v) is 1.81. The van der Waals surface area contributed by atoms with Crippen LogP contribution in [0.1, 0.15) is 31.1 Å². The highest BCUT2D eigenvalue weighted by Gasteiger charge is 2.12. The van der Waals surface area contributed by atoms with Gasteiger partial charge in [0.05, 0.1) is 12.2 Å². The van der Waals surface area contributed by atoms with Crippen LogP contribution in [0.3, 0.4) is 0 Å². The summed E-state index contributed by atoms with van der Waals surface area (Å²) in [6.45, 7) is 6.02. The summed E-state index contributed by atoms with van der Waals surface area (Å²) < 4.78 is 4.74. The van der Waals surface area contributed by atoms with Crippen LogP contribution in [-0.4, -0.2) is 17.6 Å². The van der Waals surface area contributed by atoms with Crippen molar-refractivity contribution in [3.63, 3.8) is 0 Å². The Morgan fingerprint density at radius 1 is 1.40 bits per heavy atom. The zero-order valence-corrected chi connectivity index (χ0v) is 10.4. The number of aromatic nitrogens is 1. The molecule has 0 amide bonds. The van der Waals surface area contributed by atoms with Crippen LogP contribution in [0.5, 0.6) is 0 Å². The largest absolute Gasteiger partial charge is 0.462 e. The molecule has 0 aromatic carbocycles. The quantitative estimate of drug-likeness (QED) is 0.594. The molecular weight excluding hydrogens is 237 g/mol. The molecule has 0 aliphatic rings. The summed E-state index contributed by atoms with van der Waals surface area (Å²) in [6.07, 6.45) is 0. The zero-order valence-electron chi connectivity index (χ0n) is 8.88. The average molecular weight is 250 g/mol. The van der Waals surface area contributed by atoms with Gasteiger partial charge in [0.15, 0.2) is 0 Å². The Labute approximate surface area is 99.4 Å². The van der Waals surface area contributed by atoms with Crippen molar-refractivity contribution in [3.8, 4) is 0 Å². The van der Waals surface area contributed by atoms with Crippen LogP contribution in [0.15, 0.2) is 12.1 Å². The number of carbonyl (C=O) groups is 1. The predicted molar refractivity (Wildman–Crippen MR) is 61.6 cm³/mol. The van der Waals surface area contributed by atoms with Gasteiger partial charge in [-0.15, -0.1) is 0 Å². The highest BCUT2D eigenvalue weighted by atomic mass is 35.5. The molecule has 0 atom stereocenters. The number of hydrogen-bond donors (Lipinski definition) is 0. The van der Waals surface area contributed by atoms with Crippen LogP contribution in [0.2, 0.25) is 10.3 Å². The van der Waals surface area contributed by atoms with Crippen LogP contribution in [0.25, 0.3) is 0 Å². The van der Waals surface area contributed by atoms with Crippen molar-refractivity contribution in [1.29, 1.82) is 0 Å². The number of esters is 1. The van der Waals surface area contributed by atoms with Crippen molar-refractivity contribution in [2.24, 2.45) is 0 Å². The maximum Gasteiger partial charge on any atom is 0.341 e. The van der Waals surface area contributed by atoms with Gasteiger partial charge < -0.3 is 4.74 Å². The molecule has 0 bridgehead atoms. The molecule has 0 N–H and O–H groups in total. The molecule has 1 aromatic heterocycles. The van der Waals surface area contributed by atoms with Crippen LogP contribution >= 0.6 is 23.2 Å². The molecule has 3 nitrogen and oxygen atoms in total. The van der Waals surface area contributed by atoms with Crippen LogP contribution in [0.4, 0.5) is 0 Å². The van der Waals surface area contributed by atoms with E-state index in [-0.39, 0.29) is 15.9 Å². The second kappa shape index (κ2) is 7.49. The molecular formula is C10H13Cl2NO2. The number of hydrogen-bond acceptors (Lipinski definition) is 3. The van der Waals surface area contributed by atoms with Crippen molar-refractivity contribution in [2.45, 2.75) is 20.8 Å². The Morgan fingerprint density at radius 2 is 2.00 bits per heavy atom. The number of halogens is 2. The van der Waals surface area contributed by atoms with Crippen molar-refractivity contribution < 1.29 is 9.53 Å². The lowest BCUT2D eigenvalue weighted by atomic mass is 10.3. The Morgan fingerprint density at radius 3 is 2.47 bits per heavy atom. The second-order valence-electron chi connectivity index (χ2n) is 2.19. The molecule has 1 rings (SSSR count). The lowest BCUT2D eigenvalue weighted by Crippen LogP contribution is -2.05. The number of nitrogens with zero attached hydrogens (tertiary/aromatic N) is 1. The maximum absolute atomic E-state index is 11.2. The van der Waals surface area contributed by atoms with E-state index in [2.05, 4.69) is 4.98 Å². The summed E-state index contributed by atoms with van der Waals surface area (Å²) in [5, 5.41) is 0.309. The Kier molecular flexibility index (Phi) is 7.09. The normalized spacial score (nSPS) is 8.87. The fourth-order valence-corrected chi connectivity index (χ4v) is 1.20. The first-order valence-corrected chi connectivity index (χ1v) is 5.40. The molecule has 0 radical (unpaired) electrons. The minimum absolute atomic E-state index is 0.0611. The molecule has 1 aromatic rings. The summed E-state index contributed by atoms with van der Waals surface area (Å²) >= 11 is 11.2. The topological polar surface area (TPSA) is 39.2 Å². The Hall–Kier alpha value is -0.800. The van der Waals surface area contributed by atoms with Crippen molar-refractivity contribution in [3.05, 3.63) is 28.0 Å². The predicted octanol–water partition coefficient (Wildman–Crippen LogP) is 3.59. The van der Waals surface area contributed by atoms with Gasteiger partial charge in [-0.2, -0.15) is 0 Å². The fraction of sp³-hybridized carbons (Fsp3) is 0.400. The van der Waals surface area contributed by atoms with E-state index in [1.165, 1.54) is 12.1 Å². The minimum atomic E-state index is -0.489. The molecule has 5 heteroatoms. The Bertz CT molecular complexity index is 329. The van der Waals surface area contributed by atoms with Crippen molar-refractivity contribution in [2.75, 3.05) is 6.61 Å². The molecule has 0 unspecified atom stereocenters. The van der Waals surface area contributed by atoms with E-state index in [4.69, 9.17) is 27.9 Å². The summed E-state index contributed by atoms with van der Waals surface area (Å²) in [5.41, 5.74) is 0.230.